The molecule has 112 valence electrons. The normalized spacial score (nSPS) is 11.5. The SMILES string of the molecule is Fc1cc(F)cc(CNc2cc(C(F)(F)F)ccc2Br)c1. The lowest BCUT2D eigenvalue weighted by Crippen LogP contribution is -2.07. The van der Waals surface area contributed by atoms with Crippen LogP contribution in [-0.4, -0.2) is 0 Å². The van der Waals surface area contributed by atoms with Gasteiger partial charge in [0, 0.05) is 22.8 Å². The third kappa shape index (κ3) is 4.17. The molecule has 0 aliphatic carbocycles. The molecule has 7 heteroatoms. The predicted octanol–water partition coefficient (Wildman–Crippen LogP) is 5.36. The molecule has 0 fully saturated rings. The fourth-order valence-corrected chi connectivity index (χ4v) is 2.13. The molecule has 0 spiro atoms. The predicted molar refractivity (Wildman–Crippen MR) is 72.8 cm³/mol. The van der Waals surface area contributed by atoms with Gasteiger partial charge in [-0.3, -0.25) is 0 Å². The Kier molecular flexibility index (Phi) is 4.51. The number of hydrogen-bond donors (Lipinski definition) is 1. The second-order valence-electron chi connectivity index (χ2n) is 4.32. The molecule has 0 radical (unpaired) electrons. The number of alkyl halides is 3. The Morgan fingerprint density at radius 3 is 2.14 bits per heavy atom. The van der Waals surface area contributed by atoms with E-state index in [0.29, 0.717) is 4.47 Å². The molecular weight excluding hydrogens is 357 g/mol. The average molecular weight is 366 g/mol. The first-order valence-electron chi connectivity index (χ1n) is 5.81. The van der Waals surface area contributed by atoms with Gasteiger partial charge in [-0.05, 0) is 51.8 Å². The molecule has 2 aromatic carbocycles. The Hall–Kier alpha value is -1.63. The number of nitrogens with one attached hydrogen (secondary N) is 1. The van der Waals surface area contributed by atoms with Gasteiger partial charge >= 0.3 is 6.18 Å². The summed E-state index contributed by atoms with van der Waals surface area (Å²) in [7, 11) is 0. The minimum Gasteiger partial charge on any atom is -0.380 e. The largest absolute Gasteiger partial charge is 0.416 e. The van der Waals surface area contributed by atoms with Crippen molar-refractivity contribution >= 4 is 21.6 Å². The smallest absolute Gasteiger partial charge is 0.380 e. The van der Waals surface area contributed by atoms with Crippen molar-refractivity contribution in [3.05, 3.63) is 63.6 Å². The van der Waals surface area contributed by atoms with Crippen LogP contribution in [0.1, 0.15) is 11.1 Å². The van der Waals surface area contributed by atoms with E-state index in [4.69, 9.17) is 0 Å². The van der Waals surface area contributed by atoms with E-state index >= 15 is 0 Å². The van der Waals surface area contributed by atoms with E-state index in [2.05, 4.69) is 21.2 Å². The van der Waals surface area contributed by atoms with Crippen molar-refractivity contribution < 1.29 is 22.0 Å². The van der Waals surface area contributed by atoms with Gasteiger partial charge in [0.1, 0.15) is 11.6 Å². The molecule has 0 amide bonds. The molecule has 1 nitrogen and oxygen atoms in total. The fourth-order valence-electron chi connectivity index (χ4n) is 1.75. The van der Waals surface area contributed by atoms with Crippen LogP contribution >= 0.6 is 15.9 Å². The van der Waals surface area contributed by atoms with Crippen molar-refractivity contribution in [1.82, 2.24) is 0 Å². The lowest BCUT2D eigenvalue weighted by molar-refractivity contribution is -0.137. The Bertz CT molecular complexity index is 634. The van der Waals surface area contributed by atoms with Crippen molar-refractivity contribution in [2.24, 2.45) is 0 Å². The van der Waals surface area contributed by atoms with Crippen LogP contribution in [0.3, 0.4) is 0 Å². The van der Waals surface area contributed by atoms with Gasteiger partial charge in [-0.2, -0.15) is 13.2 Å². The molecule has 2 rings (SSSR count). The van der Waals surface area contributed by atoms with Crippen molar-refractivity contribution in [1.29, 1.82) is 0 Å². The summed E-state index contributed by atoms with van der Waals surface area (Å²) in [4.78, 5) is 0. The van der Waals surface area contributed by atoms with Gasteiger partial charge < -0.3 is 5.32 Å². The van der Waals surface area contributed by atoms with E-state index in [9.17, 15) is 22.0 Å². The molecule has 2 aromatic rings. The molecule has 0 atom stereocenters. The van der Waals surface area contributed by atoms with E-state index in [1.807, 2.05) is 0 Å². The van der Waals surface area contributed by atoms with Crippen LogP contribution in [0.2, 0.25) is 0 Å². The third-order valence-corrected chi connectivity index (χ3v) is 3.39. The van der Waals surface area contributed by atoms with Crippen molar-refractivity contribution in [3.63, 3.8) is 0 Å². The number of halogens is 6. The topological polar surface area (TPSA) is 12.0 Å². The number of benzene rings is 2. The molecule has 0 heterocycles. The Balaban J connectivity index is 2.19. The molecule has 0 aliphatic rings. The molecular formula is C14H9BrF5N. The van der Waals surface area contributed by atoms with Crippen molar-refractivity contribution in [3.8, 4) is 0 Å². The first-order chi connectivity index (χ1) is 9.75. The monoisotopic (exact) mass is 365 g/mol. The molecule has 21 heavy (non-hydrogen) atoms. The summed E-state index contributed by atoms with van der Waals surface area (Å²) >= 11 is 3.12. The zero-order chi connectivity index (χ0) is 15.6. The Morgan fingerprint density at radius 1 is 0.952 bits per heavy atom. The molecule has 0 unspecified atom stereocenters. The van der Waals surface area contributed by atoms with Crippen molar-refractivity contribution in [2.45, 2.75) is 12.7 Å². The van der Waals surface area contributed by atoms with Gasteiger partial charge in [0.05, 0.1) is 5.56 Å². The Morgan fingerprint density at radius 2 is 1.57 bits per heavy atom. The highest BCUT2D eigenvalue weighted by Crippen LogP contribution is 2.34. The maximum atomic E-state index is 13.0. The number of rotatable bonds is 3. The summed E-state index contributed by atoms with van der Waals surface area (Å²) in [6.07, 6.45) is -4.46. The number of hydrogen-bond acceptors (Lipinski definition) is 1. The van der Waals surface area contributed by atoms with Gasteiger partial charge in [-0.15, -0.1) is 0 Å². The quantitative estimate of drug-likeness (QED) is 0.722. The fraction of sp³-hybridized carbons (Fsp3) is 0.143. The van der Waals surface area contributed by atoms with Gasteiger partial charge in [-0.1, -0.05) is 0 Å². The molecule has 1 N–H and O–H groups in total. The highest BCUT2D eigenvalue weighted by molar-refractivity contribution is 9.10. The van der Waals surface area contributed by atoms with Crippen LogP contribution in [0.15, 0.2) is 40.9 Å². The second kappa shape index (κ2) is 6.01. The van der Waals surface area contributed by atoms with Crippen LogP contribution in [0.4, 0.5) is 27.6 Å². The van der Waals surface area contributed by atoms with E-state index in [-0.39, 0.29) is 17.8 Å². The van der Waals surface area contributed by atoms with Gasteiger partial charge in [0.25, 0.3) is 0 Å². The lowest BCUT2D eigenvalue weighted by atomic mass is 10.1. The van der Waals surface area contributed by atoms with Gasteiger partial charge in [0.2, 0.25) is 0 Å². The summed E-state index contributed by atoms with van der Waals surface area (Å²) in [5.74, 6) is -1.48. The van der Waals surface area contributed by atoms with E-state index in [1.54, 1.807) is 0 Å². The van der Waals surface area contributed by atoms with E-state index in [1.165, 1.54) is 6.07 Å². The standard InChI is InChI=1S/C14H9BrF5N/c15-12-2-1-9(14(18,19)20)5-13(12)21-7-8-3-10(16)6-11(17)4-8/h1-6,21H,7H2. The number of anilines is 1. The average Bonchev–Trinajstić information content (AvgIpc) is 2.35. The third-order valence-electron chi connectivity index (χ3n) is 2.70. The first kappa shape index (κ1) is 15.8. The zero-order valence-electron chi connectivity index (χ0n) is 10.4. The van der Waals surface area contributed by atoms with Crippen LogP contribution in [0.5, 0.6) is 0 Å². The molecule has 0 aromatic heterocycles. The summed E-state index contributed by atoms with van der Waals surface area (Å²) < 4.78 is 64.4. The van der Waals surface area contributed by atoms with Crippen LogP contribution < -0.4 is 5.32 Å². The van der Waals surface area contributed by atoms with E-state index < -0.39 is 23.4 Å². The van der Waals surface area contributed by atoms with Crippen LogP contribution in [-0.2, 0) is 12.7 Å². The van der Waals surface area contributed by atoms with E-state index in [0.717, 1.165) is 30.3 Å². The minimum absolute atomic E-state index is 0.00537. The second-order valence-corrected chi connectivity index (χ2v) is 5.18. The highest BCUT2D eigenvalue weighted by atomic mass is 79.9. The maximum Gasteiger partial charge on any atom is 0.416 e. The van der Waals surface area contributed by atoms with Crippen LogP contribution in [0, 0.1) is 11.6 Å². The highest BCUT2D eigenvalue weighted by Gasteiger charge is 2.30. The summed E-state index contributed by atoms with van der Waals surface area (Å²) in [5, 5.41) is 2.72. The zero-order valence-corrected chi connectivity index (χ0v) is 12.0. The van der Waals surface area contributed by atoms with Gasteiger partial charge in [-0.25, -0.2) is 8.78 Å². The minimum atomic E-state index is -4.46. The Labute approximate surface area is 125 Å². The molecule has 0 bridgehead atoms. The lowest BCUT2D eigenvalue weighted by Gasteiger charge is -2.12. The first-order valence-corrected chi connectivity index (χ1v) is 6.60. The van der Waals surface area contributed by atoms with Crippen LogP contribution in [0.25, 0.3) is 0 Å². The molecule has 0 aliphatic heterocycles. The van der Waals surface area contributed by atoms with Crippen molar-refractivity contribution in [2.75, 3.05) is 5.32 Å². The molecule has 0 saturated carbocycles. The summed E-state index contributed by atoms with van der Waals surface area (Å²) in [6, 6.07) is 6.08. The maximum absolute atomic E-state index is 13.0. The summed E-state index contributed by atoms with van der Waals surface area (Å²) in [6.45, 7) is -0.00537. The summed E-state index contributed by atoms with van der Waals surface area (Å²) in [5.41, 5.74) is -0.329. The van der Waals surface area contributed by atoms with Gasteiger partial charge in [0.15, 0.2) is 0 Å². The molecule has 0 saturated heterocycles.